The molecular formula is C73H44B2F9N7O7S5. The minimum Gasteiger partial charge on any atom is -0.378 e. The number of aryl methyl sites for hydroxylation is 1. The summed E-state index contributed by atoms with van der Waals surface area (Å²) in [5.41, 5.74) is -1.66. The molecule has 0 bridgehead atoms. The second-order valence-corrected chi connectivity index (χ2v) is 30.9. The van der Waals surface area contributed by atoms with Crippen LogP contribution in [0.4, 0.5) is 50.9 Å². The van der Waals surface area contributed by atoms with E-state index in [0.29, 0.717) is 67.6 Å². The van der Waals surface area contributed by atoms with Crippen molar-refractivity contribution in [2.45, 2.75) is 38.7 Å². The molecule has 2 aromatic heterocycles. The van der Waals surface area contributed by atoms with Gasteiger partial charge in [-0.2, -0.15) is 58.5 Å². The third-order valence-electron chi connectivity index (χ3n) is 17.5. The summed E-state index contributed by atoms with van der Waals surface area (Å²) in [6.45, 7) is -0.120. The van der Waals surface area contributed by atoms with Crippen LogP contribution in [0.5, 0.6) is 5.75 Å². The number of nitrogens with zero attached hydrogens (tertiary/aromatic N) is 6. The molecule has 30 heteroatoms. The maximum atomic E-state index is 16.0. The summed E-state index contributed by atoms with van der Waals surface area (Å²) >= 11 is 2.41. The van der Waals surface area contributed by atoms with Crippen LogP contribution in [0.2, 0.25) is 0 Å². The first-order valence-corrected chi connectivity index (χ1v) is 36.8. The van der Waals surface area contributed by atoms with Crippen molar-refractivity contribution < 1.29 is 69.0 Å². The molecule has 0 atom stereocenters. The second kappa shape index (κ2) is 26.0. The number of sulfonamides is 2. The van der Waals surface area contributed by atoms with Crippen LogP contribution in [0, 0.1) is 29.6 Å². The molecule has 0 saturated heterocycles. The van der Waals surface area contributed by atoms with Crippen LogP contribution < -0.4 is 40.9 Å². The summed E-state index contributed by atoms with van der Waals surface area (Å²) in [7, 11) is -23.3. The Morgan fingerprint density at radius 2 is 0.845 bits per heavy atom. The zero-order chi connectivity index (χ0) is 72.8. The number of alkyl halides is 9. The van der Waals surface area contributed by atoms with Gasteiger partial charge >= 0.3 is 55.8 Å². The largest absolute Gasteiger partial charge is 0.512 e. The Morgan fingerprint density at radius 1 is 0.456 bits per heavy atom. The maximum Gasteiger partial charge on any atom is 0.512 e. The average Bonchev–Trinajstić information content (AvgIpc) is 1.57. The topological polar surface area (TPSA) is 206 Å². The molecule has 0 amide bonds. The Hall–Kier alpha value is -10.6. The van der Waals surface area contributed by atoms with Gasteiger partial charge in [-0.1, -0.05) is 244 Å². The van der Waals surface area contributed by atoms with Gasteiger partial charge in [0.1, 0.15) is 39.1 Å². The van der Waals surface area contributed by atoms with Gasteiger partial charge in [0, 0.05) is 48.3 Å². The van der Waals surface area contributed by atoms with Crippen LogP contribution in [0.1, 0.15) is 5.56 Å². The molecular weight excluding hydrogens is 1440 g/mol. The van der Waals surface area contributed by atoms with E-state index in [0.717, 1.165) is 43.5 Å². The van der Waals surface area contributed by atoms with Gasteiger partial charge in [-0.25, -0.2) is 26.8 Å². The highest BCUT2D eigenvalue weighted by molar-refractivity contribution is 8.15. The Balaban J connectivity index is 1.17. The summed E-state index contributed by atoms with van der Waals surface area (Å²) in [6, 6.07) is 75.2. The minimum absolute atomic E-state index is 0.0356. The van der Waals surface area contributed by atoms with E-state index in [-0.39, 0.29) is 48.6 Å². The van der Waals surface area contributed by atoms with Gasteiger partial charge in [0.2, 0.25) is 0 Å². The first kappa shape index (κ1) is 69.5. The molecule has 2 aliphatic rings. The Bertz CT molecular complexity index is 5930. The van der Waals surface area contributed by atoms with Crippen LogP contribution in [0.15, 0.2) is 262 Å². The highest BCUT2D eigenvalue weighted by Gasteiger charge is 2.83. The molecule has 0 fully saturated rings. The molecule has 103 heavy (non-hydrogen) atoms. The number of benzene rings is 10. The van der Waals surface area contributed by atoms with Crippen LogP contribution in [-0.4, -0.2) is 79.9 Å². The third-order valence-corrected chi connectivity index (χ3v) is 24.1. The third kappa shape index (κ3) is 11.7. The first-order chi connectivity index (χ1) is 49.1. The van der Waals surface area contributed by atoms with Crippen LogP contribution in [-0.2, 0) is 30.2 Å². The zero-order valence-electron chi connectivity index (χ0n) is 52.7. The molecule has 0 saturated carbocycles. The Kier molecular flexibility index (Phi) is 17.6. The molecule has 0 spiro atoms. The van der Waals surface area contributed by atoms with Crippen molar-refractivity contribution in [1.82, 2.24) is 13.1 Å². The molecule has 2 aliphatic heterocycles. The van der Waals surface area contributed by atoms with E-state index >= 15 is 26.3 Å². The van der Waals surface area contributed by atoms with Crippen molar-refractivity contribution in [3.8, 4) is 40.4 Å². The number of aliphatic imine (C=N–C) groups is 2. The molecule has 0 unspecified atom stereocenters. The lowest BCUT2D eigenvalue weighted by Gasteiger charge is -2.31. The van der Waals surface area contributed by atoms with Gasteiger partial charge in [0.05, 0.1) is 22.1 Å². The highest BCUT2D eigenvalue weighted by atomic mass is 32.3. The molecule has 14 nitrogen and oxygen atoms in total. The number of thioether (sulfide) groups is 2. The molecule has 1 N–H and O–H groups in total. The van der Waals surface area contributed by atoms with Gasteiger partial charge in [0.15, 0.2) is 0 Å². The van der Waals surface area contributed by atoms with E-state index in [1.54, 1.807) is 48.5 Å². The number of halogens is 9. The second-order valence-electron chi connectivity index (χ2n) is 23.6. The smallest absolute Gasteiger partial charge is 0.378 e. The number of hydrogen-bond donors (Lipinski definition) is 1. The van der Waals surface area contributed by atoms with Crippen molar-refractivity contribution in [2.24, 2.45) is 9.98 Å². The number of rotatable bonds is 18. The monoisotopic (exact) mass is 1480 g/mol. The number of aromatic nitrogens is 2. The quantitative estimate of drug-likeness (QED) is 0.0486. The standard InChI is InChI=1S/C73H44B2F9N7O7S5/c1-44-20-14-15-33-53(44)65-63-62(66(91(65)75(50-29-10-4-11-30-50)51-31-12-5-13-32-51)54(42-85)68-87-56-34-16-21-45-23-18-36-58(99-68)60(45)56)64(47-38-40-52(41-39-47)98-103(96,97)72(80,81)70(76,77)71(78,79)101(92,93)89-102(94,95)73(82,83)84)90(74(48-25-6-2-7-26-48)49-27-8-3-9-28-49)67(63)55(43-86)69-88-57-35-17-22-46-24-19-37-59(100-69)61(46)57/h2-41,89H,1H3/b66-54-,67-55-. The molecule has 512 valence electrons. The Labute approximate surface area is 590 Å². The van der Waals surface area contributed by atoms with E-state index in [9.17, 15) is 48.9 Å². The average molecular weight is 1480 g/mol. The van der Waals surface area contributed by atoms with Crippen molar-refractivity contribution in [1.29, 1.82) is 10.5 Å². The fourth-order valence-electron chi connectivity index (χ4n) is 12.9. The van der Waals surface area contributed by atoms with Gasteiger partial charge in [-0.15, -0.1) is 0 Å². The number of fused-ring (bicyclic) bond motifs is 1. The fourth-order valence-corrected chi connectivity index (χ4v) is 18.5. The molecule has 4 heterocycles. The summed E-state index contributed by atoms with van der Waals surface area (Å²) in [4.78, 5) is 12.1. The van der Waals surface area contributed by atoms with Gasteiger partial charge in [-0.05, 0) is 77.4 Å². The predicted octanol–water partition coefficient (Wildman–Crippen LogP) is 13.0. The van der Waals surface area contributed by atoms with Crippen molar-refractivity contribution >= 4 is 154 Å². The highest BCUT2D eigenvalue weighted by Crippen LogP contribution is 2.52. The van der Waals surface area contributed by atoms with Crippen LogP contribution >= 0.6 is 23.5 Å². The molecule has 12 aromatic rings. The van der Waals surface area contributed by atoms with Crippen molar-refractivity contribution in [3.63, 3.8) is 0 Å². The lowest BCUT2D eigenvalue weighted by atomic mass is 9.50. The SMILES string of the molecule is Cc1ccccc1-c1c2/c(=C(\C#N)C3=Nc4cccc5cccc(c45)S3)n(B(c3ccccc3)c3ccccc3)c(-c3ccc(OS(=O)(=O)C(F)(F)C(F)(F)C(F)(F)S(=O)(=O)NS(=O)(=O)C(F)(F)F)cc3)c2/c(=C(\C#N)C2=Nc3cccc4cccc(c34)S2)n1B(c1ccccc1)c1ccccc1. The van der Waals surface area contributed by atoms with E-state index in [2.05, 4.69) is 16.3 Å². The summed E-state index contributed by atoms with van der Waals surface area (Å²) < 4.78 is 216. The number of nitrogens with one attached hydrogen (secondary N) is 1. The van der Waals surface area contributed by atoms with Gasteiger partial charge < -0.3 is 13.1 Å². The Morgan fingerprint density at radius 3 is 1.25 bits per heavy atom. The number of nitriles is 2. The normalized spacial score (nSPS) is 14.1. The zero-order valence-corrected chi connectivity index (χ0v) is 56.8. The summed E-state index contributed by atoms with van der Waals surface area (Å²) in [5.74, 6) is -9.13. The van der Waals surface area contributed by atoms with Crippen LogP contribution in [0.3, 0.4) is 0 Å². The fraction of sp³-hybridized carbons (Fsp3) is 0.0685. The summed E-state index contributed by atoms with van der Waals surface area (Å²) in [5, 5.41) is 14.5. The molecule has 0 radical (unpaired) electrons. The van der Waals surface area contributed by atoms with Gasteiger partial charge in [-0.3, -0.25) is 0 Å². The van der Waals surface area contributed by atoms with E-state index in [4.69, 9.17) is 9.98 Å². The molecule has 0 aliphatic carbocycles. The maximum absolute atomic E-state index is 16.0. The minimum atomic E-state index is -8.12. The van der Waals surface area contributed by atoms with E-state index in [1.165, 1.54) is 23.5 Å². The van der Waals surface area contributed by atoms with E-state index in [1.807, 2.05) is 186 Å². The summed E-state index contributed by atoms with van der Waals surface area (Å²) in [6.07, 6.45) is 0. The van der Waals surface area contributed by atoms with Gasteiger partial charge in [0.25, 0.3) is 10.0 Å². The molecule has 14 rings (SSSR count). The first-order valence-electron chi connectivity index (χ1n) is 30.8. The van der Waals surface area contributed by atoms with Crippen molar-refractivity contribution in [3.05, 3.63) is 259 Å². The predicted molar refractivity (Wildman–Crippen MR) is 385 cm³/mol. The lowest BCUT2D eigenvalue weighted by Crippen LogP contribution is -2.64. The lowest BCUT2D eigenvalue weighted by molar-refractivity contribution is -0.245. The van der Waals surface area contributed by atoms with E-state index < -0.39 is 75.7 Å². The number of hydrogen-bond acceptors (Lipinski definition) is 13. The van der Waals surface area contributed by atoms with Crippen molar-refractivity contribution in [2.75, 3.05) is 0 Å². The molecule has 10 aromatic carbocycles. The van der Waals surface area contributed by atoms with Crippen LogP contribution in [0.25, 0.3) is 66.0 Å².